The third-order valence-electron chi connectivity index (χ3n) is 3.07. The van der Waals surface area contributed by atoms with Crippen LogP contribution in [-0.2, 0) is 0 Å². The van der Waals surface area contributed by atoms with Crippen molar-refractivity contribution in [3.63, 3.8) is 0 Å². The third kappa shape index (κ3) is 4.02. The van der Waals surface area contributed by atoms with Crippen molar-refractivity contribution in [2.45, 2.75) is 26.2 Å². The highest BCUT2D eigenvalue weighted by Crippen LogP contribution is 2.25. The fourth-order valence-electron chi connectivity index (χ4n) is 2.03. The monoisotopic (exact) mass is 255 g/mol. The summed E-state index contributed by atoms with van der Waals surface area (Å²) >= 11 is 0. The first-order valence-corrected chi connectivity index (χ1v) is 6.88. The number of nitrogen functional groups attached to an aromatic ring is 1. The maximum atomic E-state index is 5.82. The van der Waals surface area contributed by atoms with Gasteiger partial charge in [-0.05, 0) is 41.8 Å². The first-order valence-electron chi connectivity index (χ1n) is 6.88. The lowest BCUT2D eigenvalue weighted by atomic mass is 10.1. The van der Waals surface area contributed by atoms with E-state index in [9.17, 15) is 0 Å². The van der Waals surface area contributed by atoms with Crippen molar-refractivity contribution in [1.82, 2.24) is 0 Å². The van der Waals surface area contributed by atoms with E-state index >= 15 is 0 Å². The molecule has 19 heavy (non-hydrogen) atoms. The average molecular weight is 255 g/mol. The molecule has 0 aliphatic rings. The van der Waals surface area contributed by atoms with Gasteiger partial charge in [0, 0.05) is 5.69 Å². The van der Waals surface area contributed by atoms with Gasteiger partial charge in [0.05, 0.1) is 6.61 Å². The second-order valence-corrected chi connectivity index (χ2v) is 4.71. The van der Waals surface area contributed by atoms with Crippen LogP contribution in [0, 0.1) is 0 Å². The van der Waals surface area contributed by atoms with Crippen molar-refractivity contribution >= 4 is 5.69 Å². The Kier molecular flexibility index (Phi) is 4.85. The molecule has 0 aliphatic carbocycles. The van der Waals surface area contributed by atoms with Crippen LogP contribution in [0.4, 0.5) is 5.69 Å². The Hall–Kier alpha value is -1.96. The molecule has 0 unspecified atom stereocenters. The third-order valence-corrected chi connectivity index (χ3v) is 3.07. The van der Waals surface area contributed by atoms with Crippen molar-refractivity contribution in [3.8, 4) is 16.9 Å². The molecule has 2 rings (SSSR count). The molecule has 100 valence electrons. The maximum Gasteiger partial charge on any atom is 0.119 e. The minimum atomic E-state index is 0.784. The van der Waals surface area contributed by atoms with Gasteiger partial charge >= 0.3 is 0 Å². The minimum Gasteiger partial charge on any atom is -0.494 e. The molecule has 0 aliphatic heterocycles. The Morgan fingerprint density at radius 3 is 2.42 bits per heavy atom. The summed E-state index contributed by atoms with van der Waals surface area (Å²) in [6, 6.07) is 16.1. The van der Waals surface area contributed by atoms with E-state index in [1.807, 2.05) is 30.3 Å². The molecule has 0 saturated heterocycles. The average Bonchev–Trinajstić information content (AvgIpc) is 2.44. The van der Waals surface area contributed by atoms with Gasteiger partial charge in [0.1, 0.15) is 5.75 Å². The summed E-state index contributed by atoms with van der Waals surface area (Å²) in [5, 5.41) is 0. The standard InChI is InChI=1S/C17H21NO/c1-2-3-4-11-19-17-10-6-8-15(13-17)14-7-5-9-16(18)12-14/h5-10,12-13H,2-4,11,18H2,1H3. The Bertz CT molecular complexity index is 522. The molecule has 2 aromatic carbocycles. The molecule has 0 amide bonds. The second kappa shape index (κ2) is 6.83. The van der Waals surface area contributed by atoms with E-state index in [4.69, 9.17) is 10.5 Å². The molecule has 2 nitrogen and oxygen atoms in total. The molecule has 0 atom stereocenters. The highest BCUT2D eigenvalue weighted by Gasteiger charge is 2.00. The lowest BCUT2D eigenvalue weighted by molar-refractivity contribution is 0.306. The van der Waals surface area contributed by atoms with Crippen molar-refractivity contribution in [1.29, 1.82) is 0 Å². The Labute approximate surface area is 115 Å². The van der Waals surface area contributed by atoms with Crippen LogP contribution in [0.2, 0.25) is 0 Å². The predicted molar refractivity (Wildman–Crippen MR) is 81.3 cm³/mol. The van der Waals surface area contributed by atoms with Gasteiger partial charge in [0.25, 0.3) is 0 Å². The van der Waals surface area contributed by atoms with Crippen LogP contribution < -0.4 is 10.5 Å². The first kappa shape index (κ1) is 13.5. The van der Waals surface area contributed by atoms with Gasteiger partial charge in [0.15, 0.2) is 0 Å². The fourth-order valence-corrected chi connectivity index (χ4v) is 2.03. The Balaban J connectivity index is 2.06. The number of rotatable bonds is 6. The first-order chi connectivity index (χ1) is 9.29. The van der Waals surface area contributed by atoms with E-state index in [1.165, 1.54) is 12.8 Å². The molecule has 0 spiro atoms. The number of anilines is 1. The normalized spacial score (nSPS) is 10.4. The largest absolute Gasteiger partial charge is 0.494 e. The van der Waals surface area contributed by atoms with Gasteiger partial charge in [-0.15, -0.1) is 0 Å². The molecule has 0 aromatic heterocycles. The van der Waals surface area contributed by atoms with Gasteiger partial charge in [-0.25, -0.2) is 0 Å². The SMILES string of the molecule is CCCCCOc1cccc(-c2cccc(N)c2)c1. The van der Waals surface area contributed by atoms with Crippen molar-refractivity contribution in [3.05, 3.63) is 48.5 Å². The molecule has 2 N–H and O–H groups in total. The van der Waals surface area contributed by atoms with Gasteiger partial charge in [-0.2, -0.15) is 0 Å². The summed E-state index contributed by atoms with van der Waals surface area (Å²) in [6.07, 6.45) is 3.54. The smallest absolute Gasteiger partial charge is 0.119 e. The van der Waals surface area contributed by atoms with Crippen molar-refractivity contribution in [2.75, 3.05) is 12.3 Å². The summed E-state index contributed by atoms with van der Waals surface area (Å²) < 4.78 is 5.77. The molecule has 0 heterocycles. The molecule has 2 aromatic rings. The summed E-state index contributed by atoms with van der Waals surface area (Å²) in [5.74, 6) is 0.927. The van der Waals surface area contributed by atoms with E-state index < -0.39 is 0 Å². The lowest BCUT2D eigenvalue weighted by Gasteiger charge is -2.08. The number of ether oxygens (including phenoxy) is 1. The van der Waals surface area contributed by atoms with Gasteiger partial charge < -0.3 is 10.5 Å². The van der Waals surface area contributed by atoms with Crippen LogP contribution in [0.5, 0.6) is 5.75 Å². The van der Waals surface area contributed by atoms with E-state index in [1.54, 1.807) is 0 Å². The Morgan fingerprint density at radius 1 is 0.947 bits per heavy atom. The van der Waals surface area contributed by atoms with E-state index in [0.29, 0.717) is 0 Å². The highest BCUT2D eigenvalue weighted by molar-refractivity contribution is 5.68. The number of benzene rings is 2. The highest BCUT2D eigenvalue weighted by atomic mass is 16.5. The van der Waals surface area contributed by atoms with Gasteiger partial charge in [0.2, 0.25) is 0 Å². The number of nitrogens with two attached hydrogens (primary N) is 1. The van der Waals surface area contributed by atoms with E-state index in [2.05, 4.69) is 25.1 Å². The summed E-state index contributed by atoms with van der Waals surface area (Å²) in [5.41, 5.74) is 8.86. The minimum absolute atomic E-state index is 0.784. The van der Waals surface area contributed by atoms with Crippen molar-refractivity contribution < 1.29 is 4.74 Å². The molecule has 0 fully saturated rings. The molecular formula is C17H21NO. The lowest BCUT2D eigenvalue weighted by Crippen LogP contribution is -1.97. The van der Waals surface area contributed by atoms with Crippen LogP contribution in [0.3, 0.4) is 0 Å². The topological polar surface area (TPSA) is 35.2 Å². The molecule has 0 bridgehead atoms. The predicted octanol–water partition coefficient (Wildman–Crippen LogP) is 4.50. The second-order valence-electron chi connectivity index (χ2n) is 4.71. The molecular weight excluding hydrogens is 234 g/mol. The molecule has 0 saturated carbocycles. The number of hydrogen-bond acceptors (Lipinski definition) is 2. The van der Waals surface area contributed by atoms with Gasteiger partial charge in [-0.1, -0.05) is 44.0 Å². The van der Waals surface area contributed by atoms with Crippen LogP contribution in [0.25, 0.3) is 11.1 Å². The van der Waals surface area contributed by atoms with Gasteiger partial charge in [-0.3, -0.25) is 0 Å². The molecule has 0 radical (unpaired) electrons. The quantitative estimate of drug-likeness (QED) is 0.609. The van der Waals surface area contributed by atoms with Crippen LogP contribution in [0.1, 0.15) is 26.2 Å². The number of unbranched alkanes of at least 4 members (excludes halogenated alkanes) is 2. The fraction of sp³-hybridized carbons (Fsp3) is 0.294. The zero-order chi connectivity index (χ0) is 13.5. The summed E-state index contributed by atoms with van der Waals surface area (Å²) in [4.78, 5) is 0. The number of hydrogen-bond donors (Lipinski definition) is 1. The summed E-state index contributed by atoms with van der Waals surface area (Å²) in [6.45, 7) is 2.98. The van der Waals surface area contributed by atoms with Crippen LogP contribution in [0.15, 0.2) is 48.5 Å². The van der Waals surface area contributed by atoms with E-state index in [0.717, 1.165) is 35.6 Å². The van der Waals surface area contributed by atoms with Crippen LogP contribution >= 0.6 is 0 Å². The summed E-state index contributed by atoms with van der Waals surface area (Å²) in [7, 11) is 0. The zero-order valence-corrected chi connectivity index (χ0v) is 11.4. The zero-order valence-electron chi connectivity index (χ0n) is 11.4. The van der Waals surface area contributed by atoms with Crippen LogP contribution in [-0.4, -0.2) is 6.61 Å². The Morgan fingerprint density at radius 2 is 1.68 bits per heavy atom. The van der Waals surface area contributed by atoms with E-state index in [-0.39, 0.29) is 0 Å². The maximum absolute atomic E-state index is 5.82. The van der Waals surface area contributed by atoms with Crippen molar-refractivity contribution in [2.24, 2.45) is 0 Å². The molecule has 2 heteroatoms.